The van der Waals surface area contributed by atoms with Crippen LogP contribution in [-0.4, -0.2) is 23.2 Å². The zero-order chi connectivity index (χ0) is 22.2. The Bertz CT molecular complexity index is 1070. The Labute approximate surface area is 191 Å². The van der Waals surface area contributed by atoms with Crippen LogP contribution in [-0.2, 0) is 16.8 Å². The van der Waals surface area contributed by atoms with E-state index in [0.29, 0.717) is 17.9 Å². The van der Waals surface area contributed by atoms with Crippen molar-refractivity contribution in [1.82, 2.24) is 9.97 Å². The van der Waals surface area contributed by atoms with E-state index in [4.69, 9.17) is 14.5 Å². The molecule has 1 atom stereocenters. The highest BCUT2D eigenvalue weighted by Crippen LogP contribution is 2.49. The van der Waals surface area contributed by atoms with Gasteiger partial charge < -0.3 is 9.47 Å². The molecule has 0 amide bonds. The molecule has 5 rings (SSSR count). The summed E-state index contributed by atoms with van der Waals surface area (Å²) in [6, 6.07) is 19.2. The summed E-state index contributed by atoms with van der Waals surface area (Å²) in [5.41, 5.74) is 5.14. The Morgan fingerprint density at radius 1 is 1.00 bits per heavy atom. The van der Waals surface area contributed by atoms with Crippen molar-refractivity contribution in [2.24, 2.45) is 5.41 Å². The van der Waals surface area contributed by atoms with E-state index in [-0.39, 0.29) is 5.41 Å². The molecule has 0 radical (unpaired) electrons. The van der Waals surface area contributed by atoms with Gasteiger partial charge in [0.05, 0.1) is 18.9 Å². The molecule has 2 aromatic carbocycles. The molecule has 1 aliphatic heterocycles. The van der Waals surface area contributed by atoms with Gasteiger partial charge in [-0.25, -0.2) is 9.97 Å². The number of hydrogen-bond donors (Lipinski definition) is 0. The molecule has 2 fully saturated rings. The van der Waals surface area contributed by atoms with Crippen molar-refractivity contribution in [3.05, 3.63) is 89.0 Å². The SMILES string of the molecule is Cc1ccc(C(C)(C)c2ccc(OCc3ccnc(C4CCC5(COC5)C4)n3)cc2)cc1. The lowest BCUT2D eigenvalue weighted by Crippen LogP contribution is -2.40. The topological polar surface area (TPSA) is 44.2 Å². The van der Waals surface area contributed by atoms with Crippen LogP contribution < -0.4 is 4.74 Å². The fourth-order valence-corrected chi connectivity index (χ4v) is 5.03. The van der Waals surface area contributed by atoms with Gasteiger partial charge in [0, 0.05) is 22.9 Å². The summed E-state index contributed by atoms with van der Waals surface area (Å²) in [6.45, 7) is 8.91. The molecule has 1 saturated carbocycles. The minimum Gasteiger partial charge on any atom is -0.487 e. The lowest BCUT2D eigenvalue weighted by Gasteiger charge is -2.38. The van der Waals surface area contributed by atoms with E-state index in [9.17, 15) is 0 Å². The third-order valence-corrected chi connectivity index (χ3v) is 7.35. The van der Waals surface area contributed by atoms with Gasteiger partial charge in [-0.15, -0.1) is 0 Å². The van der Waals surface area contributed by atoms with Crippen molar-refractivity contribution < 1.29 is 9.47 Å². The van der Waals surface area contributed by atoms with Gasteiger partial charge in [0.1, 0.15) is 18.2 Å². The van der Waals surface area contributed by atoms with Gasteiger partial charge in [-0.05, 0) is 55.5 Å². The molecule has 1 unspecified atom stereocenters. The first-order chi connectivity index (χ1) is 15.4. The lowest BCUT2D eigenvalue weighted by molar-refractivity contribution is -0.109. The minimum atomic E-state index is -0.0576. The van der Waals surface area contributed by atoms with Crippen molar-refractivity contribution in [2.45, 2.75) is 58.0 Å². The molecule has 2 aliphatic rings. The Kier molecular flexibility index (Phi) is 5.50. The smallest absolute Gasteiger partial charge is 0.131 e. The molecule has 1 aromatic heterocycles. The van der Waals surface area contributed by atoms with Crippen LogP contribution >= 0.6 is 0 Å². The second-order valence-electron chi connectivity index (χ2n) is 10.1. The van der Waals surface area contributed by atoms with Crippen LogP contribution in [0, 0.1) is 12.3 Å². The Morgan fingerprint density at radius 3 is 2.31 bits per heavy atom. The maximum absolute atomic E-state index is 6.06. The van der Waals surface area contributed by atoms with Gasteiger partial charge in [0.2, 0.25) is 0 Å². The van der Waals surface area contributed by atoms with Gasteiger partial charge in [-0.2, -0.15) is 0 Å². The van der Waals surface area contributed by atoms with E-state index in [1.807, 2.05) is 12.3 Å². The fourth-order valence-electron chi connectivity index (χ4n) is 5.03. The van der Waals surface area contributed by atoms with Crippen LogP contribution in [0.1, 0.15) is 67.2 Å². The number of aromatic nitrogens is 2. The monoisotopic (exact) mass is 428 g/mol. The number of rotatable bonds is 6. The largest absolute Gasteiger partial charge is 0.487 e. The predicted octanol–water partition coefficient (Wildman–Crippen LogP) is 5.97. The Balaban J connectivity index is 1.22. The van der Waals surface area contributed by atoms with Crippen molar-refractivity contribution in [1.29, 1.82) is 0 Å². The highest BCUT2D eigenvalue weighted by atomic mass is 16.5. The number of benzene rings is 2. The van der Waals surface area contributed by atoms with Gasteiger partial charge in [0.25, 0.3) is 0 Å². The Hall–Kier alpha value is -2.72. The quantitative estimate of drug-likeness (QED) is 0.485. The van der Waals surface area contributed by atoms with E-state index in [1.165, 1.54) is 23.1 Å². The average molecular weight is 429 g/mol. The van der Waals surface area contributed by atoms with Crippen LogP contribution in [0.15, 0.2) is 60.8 Å². The van der Waals surface area contributed by atoms with E-state index in [0.717, 1.165) is 43.3 Å². The number of nitrogens with zero attached hydrogens (tertiary/aromatic N) is 2. The molecule has 3 aromatic rings. The highest BCUT2D eigenvalue weighted by molar-refractivity contribution is 5.40. The average Bonchev–Trinajstić information content (AvgIpc) is 3.25. The molecular weight excluding hydrogens is 396 g/mol. The Morgan fingerprint density at radius 2 is 1.69 bits per heavy atom. The first-order valence-electron chi connectivity index (χ1n) is 11.6. The normalized spacial score (nSPS) is 19.7. The van der Waals surface area contributed by atoms with Crippen molar-refractivity contribution in [3.8, 4) is 5.75 Å². The molecule has 1 saturated heterocycles. The molecule has 1 aliphatic carbocycles. The third kappa shape index (κ3) is 4.16. The summed E-state index contributed by atoms with van der Waals surface area (Å²) >= 11 is 0. The zero-order valence-electron chi connectivity index (χ0n) is 19.3. The van der Waals surface area contributed by atoms with Crippen LogP contribution in [0.2, 0.25) is 0 Å². The van der Waals surface area contributed by atoms with Gasteiger partial charge in [0.15, 0.2) is 0 Å². The zero-order valence-corrected chi connectivity index (χ0v) is 19.3. The van der Waals surface area contributed by atoms with Crippen molar-refractivity contribution >= 4 is 0 Å². The van der Waals surface area contributed by atoms with Crippen LogP contribution in [0.3, 0.4) is 0 Å². The fraction of sp³-hybridized carbons (Fsp3) is 0.429. The summed E-state index contributed by atoms with van der Waals surface area (Å²) < 4.78 is 11.5. The second-order valence-corrected chi connectivity index (χ2v) is 10.1. The van der Waals surface area contributed by atoms with Crippen LogP contribution in [0.25, 0.3) is 0 Å². The molecule has 166 valence electrons. The molecular formula is C28H32N2O2. The second kappa shape index (κ2) is 8.32. The van der Waals surface area contributed by atoms with E-state index in [1.54, 1.807) is 0 Å². The van der Waals surface area contributed by atoms with Gasteiger partial charge >= 0.3 is 0 Å². The number of aryl methyl sites for hydroxylation is 1. The number of ether oxygens (including phenoxy) is 2. The van der Waals surface area contributed by atoms with Crippen molar-refractivity contribution in [3.63, 3.8) is 0 Å². The summed E-state index contributed by atoms with van der Waals surface area (Å²) in [6.07, 6.45) is 5.41. The third-order valence-electron chi connectivity index (χ3n) is 7.35. The van der Waals surface area contributed by atoms with Crippen LogP contribution in [0.4, 0.5) is 0 Å². The van der Waals surface area contributed by atoms with E-state index in [2.05, 4.69) is 74.3 Å². The highest BCUT2D eigenvalue weighted by Gasteiger charge is 2.46. The first-order valence-corrected chi connectivity index (χ1v) is 11.6. The maximum atomic E-state index is 6.06. The molecule has 1 spiro atoms. The molecule has 32 heavy (non-hydrogen) atoms. The predicted molar refractivity (Wildman–Crippen MR) is 126 cm³/mol. The summed E-state index contributed by atoms with van der Waals surface area (Å²) in [5.74, 6) is 2.27. The lowest BCUT2D eigenvalue weighted by atomic mass is 9.78. The molecule has 2 heterocycles. The van der Waals surface area contributed by atoms with Crippen molar-refractivity contribution in [2.75, 3.05) is 13.2 Å². The van der Waals surface area contributed by atoms with Crippen LogP contribution in [0.5, 0.6) is 5.75 Å². The first kappa shape index (κ1) is 21.1. The van der Waals surface area contributed by atoms with E-state index >= 15 is 0 Å². The molecule has 4 nitrogen and oxygen atoms in total. The standard InChI is InChI=1S/C28H32N2O2/c1-20-4-6-22(7-5-20)27(2,3)23-8-10-25(11-9-23)32-17-24-13-15-29-26(30-24)21-12-14-28(16-21)18-31-19-28/h4-11,13,15,21H,12,14,16-19H2,1-3H3. The van der Waals surface area contributed by atoms with Gasteiger partial charge in [-0.1, -0.05) is 55.8 Å². The van der Waals surface area contributed by atoms with Gasteiger partial charge in [-0.3, -0.25) is 0 Å². The molecule has 0 bridgehead atoms. The molecule has 0 N–H and O–H groups in total. The maximum Gasteiger partial charge on any atom is 0.131 e. The number of hydrogen-bond acceptors (Lipinski definition) is 4. The minimum absolute atomic E-state index is 0.0576. The summed E-state index contributed by atoms with van der Waals surface area (Å²) in [5, 5.41) is 0. The molecule has 4 heteroatoms. The van der Waals surface area contributed by atoms with E-state index < -0.39 is 0 Å². The summed E-state index contributed by atoms with van der Waals surface area (Å²) in [4.78, 5) is 9.39. The summed E-state index contributed by atoms with van der Waals surface area (Å²) in [7, 11) is 0.